The van der Waals surface area contributed by atoms with Crippen LogP contribution in [0.1, 0.15) is 40.5 Å². The van der Waals surface area contributed by atoms with E-state index < -0.39 is 0 Å². The molecular weight excluding hydrogens is 392 g/mol. The monoisotopic (exact) mass is 412 g/mol. The predicted molar refractivity (Wildman–Crippen MR) is 85.8 cm³/mol. The number of hydrogen-bond donors (Lipinski definition) is 0. The van der Waals surface area contributed by atoms with Crippen LogP contribution in [-0.2, 0) is 22.8 Å². The predicted octanol–water partition coefficient (Wildman–Crippen LogP) is -1.25. The summed E-state index contributed by atoms with van der Waals surface area (Å²) in [5.41, 5.74) is 5.04. The molecular formula is C18H22Cl2NZr. The fourth-order valence-corrected chi connectivity index (χ4v) is 5.05. The van der Waals surface area contributed by atoms with E-state index in [1.165, 1.54) is 18.4 Å². The summed E-state index contributed by atoms with van der Waals surface area (Å²) in [4.78, 5) is 4.27. The van der Waals surface area contributed by atoms with Crippen molar-refractivity contribution in [1.29, 1.82) is 0 Å². The molecule has 1 heterocycles. The number of halogens is 2. The summed E-state index contributed by atoms with van der Waals surface area (Å²) in [5, 5.41) is 0. The normalized spacial score (nSPS) is 16.5. The molecule has 0 fully saturated rings. The van der Waals surface area contributed by atoms with Crippen LogP contribution in [0.2, 0.25) is 0 Å². The average molecular weight is 415 g/mol. The molecule has 2 aliphatic carbocycles. The molecule has 3 aliphatic rings. The molecule has 4 heteroatoms. The molecule has 0 amide bonds. The molecule has 0 saturated heterocycles. The zero-order valence-corrected chi connectivity index (χ0v) is 17.6. The molecule has 0 aromatic heterocycles. The number of nitrogens with zero attached hydrogens (tertiary/aromatic N) is 1. The van der Waals surface area contributed by atoms with Crippen molar-refractivity contribution in [2.24, 2.45) is 4.99 Å². The van der Waals surface area contributed by atoms with Gasteiger partial charge in [-0.2, -0.15) is 0 Å². The van der Waals surface area contributed by atoms with Crippen molar-refractivity contribution in [3.8, 4) is 0 Å². The van der Waals surface area contributed by atoms with Crippen LogP contribution in [0.3, 0.4) is 0 Å². The molecule has 0 N–H and O–H groups in total. The van der Waals surface area contributed by atoms with E-state index in [1.54, 1.807) is 12.1 Å². The maximum Gasteiger partial charge on any atom is -1.00 e. The van der Waals surface area contributed by atoms with Gasteiger partial charge in [-0.3, -0.25) is 4.99 Å². The Morgan fingerprint density at radius 1 is 1.23 bits per heavy atom. The molecule has 0 aromatic carbocycles. The summed E-state index contributed by atoms with van der Waals surface area (Å²) in [7, 11) is 0. The Kier molecular flexibility index (Phi) is 10.3. The number of hydrogen-bond acceptors (Lipinski definition) is 1. The molecule has 0 spiro atoms. The second kappa shape index (κ2) is 10.5. The third-order valence-corrected chi connectivity index (χ3v) is 6.12. The summed E-state index contributed by atoms with van der Waals surface area (Å²) >= 11 is -0.259. The molecule has 0 radical (unpaired) electrons. The summed E-state index contributed by atoms with van der Waals surface area (Å²) in [5.74, 6) is 0. The van der Waals surface area contributed by atoms with Gasteiger partial charge in [0.2, 0.25) is 0 Å². The third-order valence-electron chi connectivity index (χ3n) is 3.25. The van der Waals surface area contributed by atoms with Crippen LogP contribution in [0.5, 0.6) is 0 Å². The van der Waals surface area contributed by atoms with Gasteiger partial charge in [0, 0.05) is 11.3 Å². The minimum absolute atomic E-state index is 0. The number of allylic oxidation sites excluding steroid dienone is 8. The van der Waals surface area contributed by atoms with Crippen molar-refractivity contribution in [2.75, 3.05) is 0 Å². The van der Waals surface area contributed by atoms with E-state index in [-0.39, 0.29) is 47.6 Å². The van der Waals surface area contributed by atoms with Gasteiger partial charge < -0.3 is 24.8 Å². The molecule has 0 saturated carbocycles. The smallest absolute Gasteiger partial charge is 1.00 e. The Hall–Kier alpha value is -0.297. The average Bonchev–Trinajstić information content (AvgIpc) is 3.04. The van der Waals surface area contributed by atoms with Crippen LogP contribution in [-0.4, -0.2) is 8.92 Å². The van der Waals surface area contributed by atoms with Crippen LogP contribution in [0.15, 0.2) is 61.6 Å². The third kappa shape index (κ3) is 6.44. The molecule has 1 aliphatic heterocycles. The molecule has 0 unspecified atom stereocenters. The summed E-state index contributed by atoms with van der Waals surface area (Å²) in [6.45, 7) is 8.80. The van der Waals surface area contributed by atoms with Crippen molar-refractivity contribution < 1.29 is 47.6 Å². The van der Waals surface area contributed by atoms with Crippen LogP contribution in [0.4, 0.5) is 0 Å². The van der Waals surface area contributed by atoms with Crippen LogP contribution < -0.4 is 24.8 Å². The standard InChI is InChI=1S/C8H7N.C7H9.C3H6.2ClH.Zr/c1-6-5-7-3-2-4-8(7)9-6;1-2-7-5-3-4-6-7;1-3-2;;;/h2-5H,1H3;5-6H,2-3H2,1H3;1-2H3;2*1H;/q;;;;;+2/p-2. The maximum absolute atomic E-state index is 4.27. The fraction of sp³-hybridized carbons (Fsp3) is 0.333. The SMILES string of the molecule is CC1=NC2=CC=CC2=C1.CCC1=CC[C]([Zr+2]=[C](C)C)=C1.[Cl-].[Cl-]. The van der Waals surface area contributed by atoms with Gasteiger partial charge in [-0.1, -0.05) is 12.2 Å². The molecule has 0 aromatic rings. The van der Waals surface area contributed by atoms with Gasteiger partial charge in [-0.25, -0.2) is 0 Å². The van der Waals surface area contributed by atoms with Crippen molar-refractivity contribution in [2.45, 2.75) is 40.5 Å². The molecule has 0 atom stereocenters. The van der Waals surface area contributed by atoms with Crippen molar-refractivity contribution in [1.82, 2.24) is 0 Å². The van der Waals surface area contributed by atoms with E-state index >= 15 is 0 Å². The van der Waals surface area contributed by atoms with Gasteiger partial charge in [-0.05, 0) is 19.1 Å². The second-order valence-electron chi connectivity index (χ2n) is 5.40. The van der Waals surface area contributed by atoms with Gasteiger partial charge in [0.15, 0.2) is 0 Å². The fourth-order valence-electron chi connectivity index (χ4n) is 2.33. The van der Waals surface area contributed by atoms with Crippen LogP contribution >= 0.6 is 0 Å². The van der Waals surface area contributed by atoms with Gasteiger partial charge in [0.05, 0.1) is 5.70 Å². The summed E-state index contributed by atoms with van der Waals surface area (Å²) in [6.07, 6.45) is 15.5. The number of rotatable bonds is 2. The van der Waals surface area contributed by atoms with Gasteiger partial charge in [0.1, 0.15) is 0 Å². The molecule has 0 bridgehead atoms. The topological polar surface area (TPSA) is 12.4 Å². The molecule has 1 nitrogen and oxygen atoms in total. The maximum atomic E-state index is 4.27. The first-order valence-corrected chi connectivity index (χ1v) is 9.67. The Bertz CT molecular complexity index is 613. The second-order valence-corrected chi connectivity index (χ2v) is 10.0. The van der Waals surface area contributed by atoms with Crippen molar-refractivity contribution in [3.63, 3.8) is 0 Å². The van der Waals surface area contributed by atoms with E-state index in [9.17, 15) is 0 Å². The summed E-state index contributed by atoms with van der Waals surface area (Å²) in [6, 6.07) is 0. The quantitative estimate of drug-likeness (QED) is 0.536. The Labute approximate surface area is 157 Å². The number of fused-ring (bicyclic) bond motifs is 1. The molecule has 22 heavy (non-hydrogen) atoms. The van der Waals surface area contributed by atoms with E-state index in [4.69, 9.17) is 0 Å². The number of aliphatic imine (C=N–C) groups is 1. The minimum Gasteiger partial charge on any atom is -1.00 e. The van der Waals surface area contributed by atoms with E-state index in [0.717, 1.165) is 11.4 Å². The van der Waals surface area contributed by atoms with E-state index in [1.807, 2.05) is 19.1 Å². The Morgan fingerprint density at radius 2 is 1.95 bits per heavy atom. The summed E-state index contributed by atoms with van der Waals surface area (Å²) < 4.78 is 3.44. The van der Waals surface area contributed by atoms with Crippen molar-refractivity contribution in [3.05, 3.63) is 56.6 Å². The van der Waals surface area contributed by atoms with E-state index in [2.05, 4.69) is 50.1 Å². The van der Waals surface area contributed by atoms with Gasteiger partial charge in [-0.15, -0.1) is 0 Å². The molecule has 117 valence electrons. The Balaban J connectivity index is 0.000000372. The first-order chi connectivity index (χ1) is 9.58. The van der Waals surface area contributed by atoms with Crippen LogP contribution in [0.25, 0.3) is 0 Å². The zero-order valence-electron chi connectivity index (χ0n) is 13.6. The first-order valence-electron chi connectivity index (χ1n) is 7.21. The Morgan fingerprint density at radius 3 is 2.50 bits per heavy atom. The van der Waals surface area contributed by atoms with Crippen LogP contribution in [0, 0.1) is 0 Å². The van der Waals surface area contributed by atoms with E-state index in [0.29, 0.717) is 0 Å². The van der Waals surface area contributed by atoms with Gasteiger partial charge in [0.25, 0.3) is 0 Å². The minimum atomic E-state index is -0.259. The molecule has 3 rings (SSSR count). The first kappa shape index (κ1) is 21.7. The zero-order chi connectivity index (χ0) is 14.5. The van der Waals surface area contributed by atoms with Crippen molar-refractivity contribution >= 4 is 8.92 Å². The van der Waals surface area contributed by atoms with Gasteiger partial charge >= 0.3 is 80.6 Å². The largest absolute Gasteiger partial charge is 1.00 e.